The summed E-state index contributed by atoms with van der Waals surface area (Å²) < 4.78 is 64.6. The highest BCUT2D eigenvalue weighted by atomic mass is 19.4. The van der Waals surface area contributed by atoms with Crippen LogP contribution in [0.1, 0.15) is 22.1 Å². The zero-order valence-electron chi connectivity index (χ0n) is 16.5. The maximum Gasteiger partial charge on any atom is 0.416 e. The number of H-pyrrole nitrogens is 1. The number of rotatable bonds is 5. The fourth-order valence-electron chi connectivity index (χ4n) is 2.58. The first kappa shape index (κ1) is 14.2. The highest BCUT2D eigenvalue weighted by molar-refractivity contribution is 6.01. The number of hydrogen-bond donors (Lipinski definition) is 2. The standard InChI is InChI=1S/C19H17F3N2O2/c1-12(25)24-18-11-23-17-7-2-13(10-16(17)18)8-9-26-15-5-3-14(4-6-15)19(20,21)22/h2-7,10-11,23H,8-9H2,1H3,(H,24,25)/i1+1D3. The minimum Gasteiger partial charge on any atom is -0.493 e. The van der Waals surface area contributed by atoms with Gasteiger partial charge in [-0.15, -0.1) is 0 Å². The third-order valence-corrected chi connectivity index (χ3v) is 3.84. The third-order valence-electron chi connectivity index (χ3n) is 3.84. The van der Waals surface area contributed by atoms with Gasteiger partial charge in [-0.25, -0.2) is 0 Å². The summed E-state index contributed by atoms with van der Waals surface area (Å²) in [4.78, 5) is 14.6. The Morgan fingerprint density at radius 2 is 2.00 bits per heavy atom. The van der Waals surface area contributed by atoms with Gasteiger partial charge in [-0.3, -0.25) is 4.79 Å². The molecule has 7 heteroatoms. The highest BCUT2D eigenvalue weighted by Gasteiger charge is 2.29. The number of fused-ring (bicyclic) bond motifs is 1. The van der Waals surface area contributed by atoms with E-state index in [2.05, 4.69) is 10.3 Å². The Kier molecular flexibility index (Phi) is 3.89. The van der Waals surface area contributed by atoms with Crippen LogP contribution < -0.4 is 10.1 Å². The molecular formula is C19H17F3N2O2. The monoisotopic (exact) mass is 366 g/mol. The Balaban J connectivity index is 1.65. The third kappa shape index (κ3) is 4.17. The van der Waals surface area contributed by atoms with E-state index in [-0.39, 0.29) is 6.61 Å². The minimum atomic E-state index is -4.39. The van der Waals surface area contributed by atoms with Crippen LogP contribution in [0.2, 0.25) is 0 Å². The molecule has 0 unspecified atom stereocenters. The number of alkyl halides is 3. The van der Waals surface area contributed by atoms with Crippen molar-refractivity contribution in [2.75, 3.05) is 11.9 Å². The molecule has 0 aliphatic rings. The molecule has 3 rings (SSSR count). The summed E-state index contributed by atoms with van der Waals surface area (Å²) in [6, 6.07) is 9.86. The SMILES string of the molecule is [2H][13C]([2H])([2H])C(=O)Nc1c[nH]c2ccc(CCOc3ccc(C(F)(F)F)cc3)cc12. The van der Waals surface area contributed by atoms with E-state index >= 15 is 0 Å². The van der Waals surface area contributed by atoms with Gasteiger partial charge < -0.3 is 15.0 Å². The lowest BCUT2D eigenvalue weighted by molar-refractivity contribution is -0.137. The molecule has 0 aliphatic heterocycles. The van der Waals surface area contributed by atoms with Crippen LogP contribution in [0.3, 0.4) is 0 Å². The van der Waals surface area contributed by atoms with Crippen molar-refractivity contribution in [2.24, 2.45) is 0 Å². The molecule has 0 spiro atoms. The van der Waals surface area contributed by atoms with Crippen molar-refractivity contribution >= 4 is 22.5 Å². The molecule has 136 valence electrons. The molecule has 0 aliphatic carbocycles. The minimum absolute atomic E-state index is 0.234. The van der Waals surface area contributed by atoms with E-state index in [1.54, 1.807) is 12.1 Å². The van der Waals surface area contributed by atoms with E-state index in [4.69, 9.17) is 8.85 Å². The number of carbonyl (C=O) groups is 1. The average Bonchev–Trinajstić information content (AvgIpc) is 3.03. The molecule has 4 nitrogen and oxygen atoms in total. The fraction of sp³-hybridized carbons (Fsp3) is 0.211. The Bertz CT molecular complexity index is 1010. The molecule has 0 radical (unpaired) electrons. The molecular weight excluding hydrogens is 346 g/mol. The molecule has 0 saturated carbocycles. The first-order valence-corrected chi connectivity index (χ1v) is 7.75. The van der Waals surface area contributed by atoms with Crippen LogP contribution in [-0.2, 0) is 17.4 Å². The molecule has 0 saturated heterocycles. The summed E-state index contributed by atoms with van der Waals surface area (Å²) >= 11 is 0. The van der Waals surface area contributed by atoms with Crippen LogP contribution in [0.25, 0.3) is 10.9 Å². The van der Waals surface area contributed by atoms with Crippen molar-refractivity contribution in [3.05, 3.63) is 59.8 Å². The molecule has 2 aromatic carbocycles. The number of aromatic nitrogens is 1. The maximum atomic E-state index is 12.6. The van der Waals surface area contributed by atoms with Crippen molar-refractivity contribution in [1.29, 1.82) is 0 Å². The highest BCUT2D eigenvalue weighted by Crippen LogP contribution is 2.30. The van der Waals surface area contributed by atoms with Crippen molar-refractivity contribution in [2.45, 2.75) is 19.4 Å². The molecule has 0 bridgehead atoms. The quantitative estimate of drug-likeness (QED) is 0.639. The van der Waals surface area contributed by atoms with Gasteiger partial charge in [0.15, 0.2) is 0 Å². The van der Waals surface area contributed by atoms with Crippen LogP contribution in [0.15, 0.2) is 48.7 Å². The van der Waals surface area contributed by atoms with Crippen LogP contribution in [0, 0.1) is 0 Å². The van der Waals surface area contributed by atoms with E-state index in [9.17, 15) is 18.0 Å². The maximum absolute atomic E-state index is 12.6. The van der Waals surface area contributed by atoms with E-state index in [1.165, 1.54) is 18.3 Å². The van der Waals surface area contributed by atoms with Gasteiger partial charge in [0, 0.05) is 34.5 Å². The summed E-state index contributed by atoms with van der Waals surface area (Å²) in [5.74, 6) is -0.749. The first-order valence-electron chi connectivity index (χ1n) is 9.25. The molecule has 26 heavy (non-hydrogen) atoms. The van der Waals surface area contributed by atoms with E-state index < -0.39 is 24.5 Å². The Morgan fingerprint density at radius 3 is 2.69 bits per heavy atom. The summed E-state index contributed by atoms with van der Waals surface area (Å²) in [7, 11) is 0. The zero-order valence-corrected chi connectivity index (χ0v) is 13.5. The van der Waals surface area contributed by atoms with Crippen LogP contribution >= 0.6 is 0 Å². The smallest absolute Gasteiger partial charge is 0.416 e. The van der Waals surface area contributed by atoms with Gasteiger partial charge in [-0.1, -0.05) is 6.07 Å². The van der Waals surface area contributed by atoms with Gasteiger partial charge in [0.1, 0.15) is 5.75 Å². The lowest BCUT2D eigenvalue weighted by Crippen LogP contribution is -2.06. The number of benzene rings is 2. The van der Waals surface area contributed by atoms with Crippen molar-refractivity contribution in [3.8, 4) is 5.75 Å². The Labute approximate surface area is 152 Å². The molecule has 2 N–H and O–H groups in total. The largest absolute Gasteiger partial charge is 0.493 e. The fourth-order valence-corrected chi connectivity index (χ4v) is 2.58. The second-order valence-electron chi connectivity index (χ2n) is 5.66. The predicted molar refractivity (Wildman–Crippen MR) is 93.2 cm³/mol. The van der Waals surface area contributed by atoms with Gasteiger partial charge >= 0.3 is 6.18 Å². The van der Waals surface area contributed by atoms with Gasteiger partial charge in [-0.2, -0.15) is 13.2 Å². The Hall–Kier alpha value is -2.96. The van der Waals surface area contributed by atoms with E-state index in [1.807, 2.05) is 6.07 Å². The van der Waals surface area contributed by atoms with Crippen molar-refractivity contribution in [3.63, 3.8) is 0 Å². The summed E-state index contributed by atoms with van der Waals surface area (Å²) in [5.41, 5.74) is 1.19. The van der Waals surface area contributed by atoms with Gasteiger partial charge in [0.05, 0.1) is 17.9 Å². The second kappa shape index (κ2) is 7.11. The van der Waals surface area contributed by atoms with Gasteiger partial charge in [0.25, 0.3) is 0 Å². The van der Waals surface area contributed by atoms with Crippen LogP contribution in [0.5, 0.6) is 5.75 Å². The summed E-state index contributed by atoms with van der Waals surface area (Å²) in [6.45, 7) is -2.52. The van der Waals surface area contributed by atoms with Gasteiger partial charge in [0.2, 0.25) is 5.91 Å². The normalized spacial score (nSPS) is 13.7. The molecule has 0 atom stereocenters. The number of amides is 1. The molecule has 1 aromatic heterocycles. The predicted octanol–water partition coefficient (Wildman–Crippen LogP) is 4.77. The molecule has 3 aromatic rings. The second-order valence-corrected chi connectivity index (χ2v) is 5.66. The zero-order chi connectivity index (χ0) is 21.2. The molecule has 1 amide bonds. The summed E-state index contributed by atoms with van der Waals surface area (Å²) in [6.07, 6.45) is -2.41. The molecule has 0 fully saturated rings. The average molecular weight is 366 g/mol. The topological polar surface area (TPSA) is 54.1 Å². The van der Waals surface area contributed by atoms with Crippen molar-refractivity contribution < 1.29 is 26.8 Å². The first-order chi connectivity index (χ1) is 13.5. The lowest BCUT2D eigenvalue weighted by Gasteiger charge is -2.09. The van der Waals surface area contributed by atoms with Crippen LogP contribution in [-0.4, -0.2) is 17.5 Å². The van der Waals surface area contributed by atoms with E-state index in [0.29, 0.717) is 23.2 Å². The van der Waals surface area contributed by atoms with E-state index in [0.717, 1.165) is 23.2 Å². The Morgan fingerprint density at radius 1 is 1.23 bits per heavy atom. The number of ether oxygens (including phenoxy) is 1. The number of carbonyl (C=O) groups excluding carboxylic acids is 1. The number of halogens is 3. The number of nitrogens with one attached hydrogen (secondary N) is 2. The van der Waals surface area contributed by atoms with Gasteiger partial charge in [-0.05, 0) is 42.0 Å². The lowest BCUT2D eigenvalue weighted by atomic mass is 10.1. The van der Waals surface area contributed by atoms with Crippen molar-refractivity contribution in [1.82, 2.24) is 4.98 Å². The number of hydrogen-bond acceptors (Lipinski definition) is 2. The number of aromatic amines is 1. The summed E-state index contributed by atoms with van der Waals surface area (Å²) in [5, 5.41) is 3.02. The van der Waals surface area contributed by atoms with Crippen LogP contribution in [0.4, 0.5) is 18.9 Å². The number of anilines is 1. The molecule has 1 heterocycles.